The summed E-state index contributed by atoms with van der Waals surface area (Å²) in [6.45, 7) is 1.77. The van der Waals surface area contributed by atoms with Gasteiger partial charge in [0.15, 0.2) is 0 Å². The molecule has 0 fully saturated rings. The van der Waals surface area contributed by atoms with Crippen molar-refractivity contribution in [1.29, 1.82) is 0 Å². The van der Waals surface area contributed by atoms with Gasteiger partial charge in [0.2, 0.25) is 0 Å². The van der Waals surface area contributed by atoms with Crippen molar-refractivity contribution in [2.75, 3.05) is 0 Å². The Kier molecular flexibility index (Phi) is 5.97. The Morgan fingerprint density at radius 1 is 0.468 bits per heavy atom. The molecular weight excluding hydrogens is 575 g/mol. The van der Waals surface area contributed by atoms with Crippen LogP contribution >= 0.6 is 0 Å². The summed E-state index contributed by atoms with van der Waals surface area (Å²) in [5.74, 6) is 0.201. The lowest BCUT2D eigenvalue weighted by atomic mass is 9.76. The number of furan rings is 1. The molecule has 3 nitrogen and oxygen atoms in total. The van der Waals surface area contributed by atoms with Crippen molar-refractivity contribution in [3.63, 3.8) is 0 Å². The van der Waals surface area contributed by atoms with Crippen LogP contribution in [0.2, 0.25) is 0 Å². The minimum absolute atomic E-state index is 0.0920. The van der Waals surface area contributed by atoms with E-state index in [2.05, 4.69) is 103 Å². The molecule has 1 heterocycles. The number of benzene rings is 8. The molecule has 0 amide bonds. The predicted molar refractivity (Wildman–Crippen MR) is 199 cm³/mol. The van der Waals surface area contributed by atoms with Gasteiger partial charge in [0, 0.05) is 21.9 Å². The van der Waals surface area contributed by atoms with Gasteiger partial charge in [0.1, 0.15) is 30.5 Å². The molecule has 0 aliphatic carbocycles. The molecule has 0 saturated heterocycles. The van der Waals surface area contributed by atoms with Crippen molar-refractivity contribution >= 4 is 67.6 Å². The summed E-state index contributed by atoms with van der Waals surface area (Å²) in [5.41, 5.74) is 8.55. The van der Waals surface area contributed by atoms with Gasteiger partial charge in [-0.15, -0.1) is 0 Å². The zero-order valence-corrected chi connectivity index (χ0v) is 26.0. The number of aromatic hydroxyl groups is 2. The van der Waals surface area contributed by atoms with E-state index in [1.54, 1.807) is 6.92 Å². The average Bonchev–Trinajstić information content (AvgIpc) is 3.50. The SMILES string of the molecule is Bc1c(O)c(C)c(O)c(-c2ccccc2)c1-c1c2ccccc2c(-c2ccc3c(c2)oc2ccc4ccccc4c23)c2ccccc12. The van der Waals surface area contributed by atoms with E-state index >= 15 is 0 Å². The molecule has 9 aromatic rings. The summed E-state index contributed by atoms with van der Waals surface area (Å²) in [6.07, 6.45) is 0. The summed E-state index contributed by atoms with van der Waals surface area (Å²) in [7, 11) is 1.94. The molecule has 0 radical (unpaired) electrons. The average molecular weight is 605 g/mol. The van der Waals surface area contributed by atoms with Gasteiger partial charge in [0.05, 0.1) is 0 Å². The van der Waals surface area contributed by atoms with E-state index in [1.807, 2.05) is 38.2 Å². The maximum Gasteiger partial charge on any atom is 0.145 e. The number of fused-ring (bicyclic) bond motifs is 7. The van der Waals surface area contributed by atoms with Crippen LogP contribution in [0.3, 0.4) is 0 Å². The van der Waals surface area contributed by atoms with Gasteiger partial charge in [0.25, 0.3) is 0 Å². The molecule has 9 rings (SSSR count). The van der Waals surface area contributed by atoms with Gasteiger partial charge >= 0.3 is 0 Å². The first kappa shape index (κ1) is 27.3. The Balaban J connectivity index is 1.39. The van der Waals surface area contributed by atoms with E-state index < -0.39 is 0 Å². The highest BCUT2D eigenvalue weighted by atomic mass is 16.3. The van der Waals surface area contributed by atoms with Gasteiger partial charge in [-0.2, -0.15) is 0 Å². The molecule has 0 aliphatic heterocycles. The van der Waals surface area contributed by atoms with Crippen LogP contribution in [0.25, 0.3) is 87.6 Å². The second-order valence-corrected chi connectivity index (χ2v) is 12.4. The van der Waals surface area contributed by atoms with Crippen LogP contribution in [0.15, 0.2) is 138 Å². The molecule has 0 atom stereocenters. The van der Waals surface area contributed by atoms with Crippen LogP contribution in [0, 0.1) is 6.92 Å². The van der Waals surface area contributed by atoms with E-state index in [1.165, 1.54) is 10.8 Å². The summed E-state index contributed by atoms with van der Waals surface area (Å²) in [5, 5.41) is 31.8. The van der Waals surface area contributed by atoms with E-state index in [9.17, 15) is 10.2 Å². The maximum absolute atomic E-state index is 11.6. The smallest absolute Gasteiger partial charge is 0.145 e. The lowest BCUT2D eigenvalue weighted by Crippen LogP contribution is -2.12. The molecule has 4 heteroatoms. The van der Waals surface area contributed by atoms with Crippen molar-refractivity contribution < 1.29 is 14.6 Å². The van der Waals surface area contributed by atoms with Crippen molar-refractivity contribution in [3.8, 4) is 44.9 Å². The topological polar surface area (TPSA) is 53.6 Å². The summed E-state index contributed by atoms with van der Waals surface area (Å²) < 4.78 is 6.50. The van der Waals surface area contributed by atoms with E-state index in [4.69, 9.17) is 4.42 Å². The Morgan fingerprint density at radius 2 is 1.06 bits per heavy atom. The number of phenolic OH excluding ortho intramolecular Hbond substituents is 2. The second-order valence-electron chi connectivity index (χ2n) is 12.4. The molecule has 1 aromatic heterocycles. The van der Waals surface area contributed by atoms with Crippen molar-refractivity contribution in [2.24, 2.45) is 0 Å². The molecule has 0 spiro atoms. The summed E-state index contributed by atoms with van der Waals surface area (Å²) in [4.78, 5) is 0. The highest BCUT2D eigenvalue weighted by Gasteiger charge is 2.26. The predicted octanol–water partition coefficient (Wildman–Crippen LogP) is 10.0. The third-order valence-corrected chi connectivity index (χ3v) is 9.82. The standard InChI is InChI=1S/C43H29BO3/c1-24-42(45)37(26-12-3-2-4-13-26)40(41(44)43(24)46)39-31-17-9-7-15-29(31)36(30-16-8-10-18-32(30)39)27-19-21-33-35(23-27)47-34-22-20-25-11-5-6-14-28(25)38(33)34/h2-23,45-46H,44H2,1H3. The zero-order chi connectivity index (χ0) is 31.8. The zero-order valence-electron chi connectivity index (χ0n) is 26.0. The minimum Gasteiger partial charge on any atom is -0.508 e. The summed E-state index contributed by atoms with van der Waals surface area (Å²) >= 11 is 0. The maximum atomic E-state index is 11.6. The largest absolute Gasteiger partial charge is 0.508 e. The molecule has 8 aromatic carbocycles. The fourth-order valence-corrected chi connectivity index (χ4v) is 7.61. The van der Waals surface area contributed by atoms with Crippen LogP contribution in [0.1, 0.15) is 5.56 Å². The van der Waals surface area contributed by atoms with Crippen molar-refractivity contribution in [3.05, 3.63) is 139 Å². The third-order valence-electron chi connectivity index (χ3n) is 9.82. The second kappa shape index (κ2) is 10.3. The van der Waals surface area contributed by atoms with Crippen LogP contribution < -0.4 is 5.46 Å². The first-order valence-corrected chi connectivity index (χ1v) is 15.9. The molecular formula is C43H29BO3. The highest BCUT2D eigenvalue weighted by Crippen LogP contribution is 2.49. The third kappa shape index (κ3) is 3.95. The van der Waals surface area contributed by atoms with Crippen LogP contribution in [-0.2, 0) is 0 Å². The minimum atomic E-state index is 0.0920. The molecule has 222 valence electrons. The Morgan fingerprint density at radius 3 is 1.74 bits per heavy atom. The first-order chi connectivity index (χ1) is 23.0. The Hall–Kier alpha value is -6.00. The van der Waals surface area contributed by atoms with Crippen molar-refractivity contribution in [2.45, 2.75) is 6.92 Å². The molecule has 0 bridgehead atoms. The van der Waals surface area contributed by atoms with Gasteiger partial charge in [-0.1, -0.05) is 115 Å². The van der Waals surface area contributed by atoms with Crippen LogP contribution in [-0.4, -0.2) is 18.1 Å². The van der Waals surface area contributed by atoms with Crippen LogP contribution in [0.5, 0.6) is 11.5 Å². The van der Waals surface area contributed by atoms with Gasteiger partial charge < -0.3 is 14.6 Å². The van der Waals surface area contributed by atoms with E-state index in [-0.39, 0.29) is 11.5 Å². The molecule has 2 N–H and O–H groups in total. The number of hydrogen-bond donors (Lipinski definition) is 2. The Labute approximate surface area is 272 Å². The number of rotatable bonds is 3. The number of phenols is 2. The lowest BCUT2D eigenvalue weighted by Gasteiger charge is -2.23. The first-order valence-electron chi connectivity index (χ1n) is 15.9. The molecule has 0 aliphatic rings. The lowest BCUT2D eigenvalue weighted by molar-refractivity contribution is 0.447. The van der Waals surface area contributed by atoms with E-state index in [0.717, 1.165) is 82.3 Å². The molecule has 0 unspecified atom stereocenters. The number of hydrogen-bond acceptors (Lipinski definition) is 3. The fraction of sp³-hybridized carbons (Fsp3) is 0.0233. The van der Waals surface area contributed by atoms with Gasteiger partial charge in [-0.05, 0) is 90.7 Å². The van der Waals surface area contributed by atoms with Gasteiger partial charge in [-0.25, -0.2) is 0 Å². The molecule has 0 saturated carbocycles. The fourth-order valence-electron chi connectivity index (χ4n) is 7.61. The normalized spacial score (nSPS) is 11.8. The van der Waals surface area contributed by atoms with Gasteiger partial charge in [-0.3, -0.25) is 0 Å². The van der Waals surface area contributed by atoms with E-state index in [0.29, 0.717) is 5.56 Å². The summed E-state index contributed by atoms with van der Waals surface area (Å²) in [6, 6.07) is 46.0. The monoisotopic (exact) mass is 604 g/mol. The highest BCUT2D eigenvalue weighted by molar-refractivity contribution is 6.41. The molecule has 47 heavy (non-hydrogen) atoms. The van der Waals surface area contributed by atoms with Crippen LogP contribution in [0.4, 0.5) is 0 Å². The Bertz CT molecular complexity index is 2670. The van der Waals surface area contributed by atoms with Crippen molar-refractivity contribution in [1.82, 2.24) is 0 Å². The quantitative estimate of drug-likeness (QED) is 0.156.